The van der Waals surface area contributed by atoms with Crippen molar-refractivity contribution in [2.45, 2.75) is 32.0 Å². The Morgan fingerprint density at radius 2 is 2.07 bits per heavy atom. The summed E-state index contributed by atoms with van der Waals surface area (Å²) in [5.41, 5.74) is 1.14. The van der Waals surface area contributed by atoms with Gasteiger partial charge in [-0.1, -0.05) is 0 Å². The number of halogens is 3. The van der Waals surface area contributed by atoms with Gasteiger partial charge in [0.05, 0.1) is 23.1 Å². The number of nitrogens with one attached hydrogen (secondary N) is 1. The normalized spacial score (nSPS) is 14.2. The quantitative estimate of drug-likeness (QED) is 0.648. The first-order valence-corrected chi connectivity index (χ1v) is 9.00. The van der Waals surface area contributed by atoms with E-state index in [1.165, 1.54) is 12.1 Å². The first kappa shape index (κ1) is 19.1. The molecule has 0 aliphatic heterocycles. The number of fused-ring (bicyclic) bond motifs is 1. The van der Waals surface area contributed by atoms with E-state index in [4.69, 9.17) is 0 Å². The van der Waals surface area contributed by atoms with Gasteiger partial charge >= 0.3 is 6.18 Å². The van der Waals surface area contributed by atoms with E-state index in [9.17, 15) is 18.0 Å². The maximum absolute atomic E-state index is 12.2. The number of alkyl halides is 3. The molecule has 1 amide bonds. The summed E-state index contributed by atoms with van der Waals surface area (Å²) in [6, 6.07) is 4.56. The van der Waals surface area contributed by atoms with E-state index >= 15 is 0 Å². The van der Waals surface area contributed by atoms with Crippen LogP contribution >= 0.6 is 0 Å². The molecule has 0 aromatic carbocycles. The summed E-state index contributed by atoms with van der Waals surface area (Å²) >= 11 is 0. The summed E-state index contributed by atoms with van der Waals surface area (Å²) in [6.07, 6.45) is 1.53. The molecule has 4 rings (SSSR count). The Kier molecular flexibility index (Phi) is 5.03. The molecule has 0 unspecified atom stereocenters. The third-order valence-electron chi connectivity index (χ3n) is 4.31. The van der Waals surface area contributed by atoms with Crippen molar-refractivity contribution in [2.24, 2.45) is 5.92 Å². The van der Waals surface area contributed by atoms with E-state index in [-0.39, 0.29) is 18.3 Å². The average Bonchev–Trinajstić information content (AvgIpc) is 3.37. The lowest BCUT2D eigenvalue weighted by atomic mass is 10.2. The minimum absolute atomic E-state index is 0.0689. The Balaban J connectivity index is 1.44. The second-order valence-corrected chi connectivity index (χ2v) is 6.88. The van der Waals surface area contributed by atoms with E-state index in [0.29, 0.717) is 34.8 Å². The van der Waals surface area contributed by atoms with Crippen LogP contribution < -0.4 is 10.1 Å². The van der Waals surface area contributed by atoms with Gasteiger partial charge < -0.3 is 10.1 Å². The second kappa shape index (κ2) is 7.64. The highest BCUT2D eigenvalue weighted by atomic mass is 19.4. The maximum Gasteiger partial charge on any atom is 0.422 e. The number of hydrogen-bond acceptors (Lipinski definition) is 6. The number of anilines is 1. The molecular weight excluding hydrogens is 389 g/mol. The summed E-state index contributed by atoms with van der Waals surface area (Å²) < 4.78 is 42.6. The topological polar surface area (TPSA) is 94.8 Å². The van der Waals surface area contributed by atoms with Gasteiger partial charge in [0, 0.05) is 24.9 Å². The lowest BCUT2D eigenvalue weighted by Crippen LogP contribution is -2.19. The molecule has 29 heavy (non-hydrogen) atoms. The highest BCUT2D eigenvalue weighted by Gasteiger charge is 2.28. The molecule has 0 atom stereocenters. The number of carbonyl (C=O) groups excluding carboxylic acids is 1. The first-order valence-electron chi connectivity index (χ1n) is 9.00. The van der Waals surface area contributed by atoms with E-state index in [1.54, 1.807) is 23.1 Å². The van der Waals surface area contributed by atoms with E-state index in [1.807, 2.05) is 0 Å². The van der Waals surface area contributed by atoms with Crippen LogP contribution in [0.4, 0.5) is 19.0 Å². The van der Waals surface area contributed by atoms with Crippen molar-refractivity contribution in [3.05, 3.63) is 36.3 Å². The number of hydrogen-bond donors (Lipinski definition) is 1. The molecule has 152 valence electrons. The highest BCUT2D eigenvalue weighted by molar-refractivity contribution is 5.99. The van der Waals surface area contributed by atoms with Crippen LogP contribution in [0.1, 0.15) is 25.0 Å². The maximum atomic E-state index is 12.2. The van der Waals surface area contributed by atoms with Gasteiger partial charge in [-0.2, -0.15) is 18.3 Å². The summed E-state index contributed by atoms with van der Waals surface area (Å²) in [5, 5.41) is 15.4. The van der Waals surface area contributed by atoms with Crippen molar-refractivity contribution in [3.8, 4) is 5.88 Å². The van der Waals surface area contributed by atoms with E-state index in [2.05, 4.69) is 30.3 Å². The molecule has 0 saturated heterocycles. The van der Waals surface area contributed by atoms with Gasteiger partial charge in [0.15, 0.2) is 6.61 Å². The number of aromatic nitrogens is 5. The van der Waals surface area contributed by atoms with Crippen LogP contribution in [0, 0.1) is 5.92 Å². The first-order chi connectivity index (χ1) is 13.9. The number of ether oxygens (including phenoxy) is 1. The van der Waals surface area contributed by atoms with Gasteiger partial charge in [0.1, 0.15) is 5.82 Å². The SMILES string of the molecule is O=C(CC1CC1)Nc1nccc2nn(Cc3ccc(OCC(F)(F)F)nn3)cc12. The van der Waals surface area contributed by atoms with Gasteiger partial charge in [-0.3, -0.25) is 9.48 Å². The Morgan fingerprint density at radius 1 is 1.24 bits per heavy atom. The van der Waals surface area contributed by atoms with Gasteiger partial charge in [-0.05, 0) is 30.9 Å². The molecule has 3 heterocycles. The molecule has 0 spiro atoms. The summed E-state index contributed by atoms with van der Waals surface area (Å²) in [5.74, 6) is 0.641. The lowest BCUT2D eigenvalue weighted by Gasteiger charge is -2.07. The van der Waals surface area contributed by atoms with Crippen molar-refractivity contribution in [1.29, 1.82) is 0 Å². The Morgan fingerprint density at radius 3 is 2.76 bits per heavy atom. The van der Waals surface area contributed by atoms with Gasteiger partial charge in [0.25, 0.3) is 0 Å². The summed E-state index contributed by atoms with van der Waals surface area (Å²) in [4.78, 5) is 16.3. The number of pyridine rings is 1. The Bertz CT molecular complexity index is 1010. The highest BCUT2D eigenvalue weighted by Crippen LogP contribution is 2.32. The Hall–Kier alpha value is -3.24. The fourth-order valence-electron chi connectivity index (χ4n) is 2.77. The third-order valence-corrected chi connectivity index (χ3v) is 4.31. The zero-order valence-corrected chi connectivity index (χ0v) is 15.2. The van der Waals surface area contributed by atoms with Gasteiger partial charge in [0.2, 0.25) is 11.8 Å². The number of amides is 1. The summed E-state index contributed by atoms with van der Waals surface area (Å²) in [7, 11) is 0. The molecule has 8 nitrogen and oxygen atoms in total. The molecule has 1 aliphatic rings. The Labute approximate surface area is 163 Å². The molecule has 11 heteroatoms. The van der Waals surface area contributed by atoms with Crippen molar-refractivity contribution in [3.63, 3.8) is 0 Å². The van der Waals surface area contributed by atoms with E-state index in [0.717, 1.165) is 12.8 Å². The number of nitrogens with zero attached hydrogens (tertiary/aromatic N) is 5. The molecule has 1 N–H and O–H groups in total. The molecule has 3 aromatic rings. The molecule has 0 bridgehead atoms. The number of carbonyl (C=O) groups is 1. The summed E-state index contributed by atoms with van der Waals surface area (Å²) in [6.45, 7) is -1.18. The third kappa shape index (κ3) is 5.18. The van der Waals surface area contributed by atoms with Crippen LogP contribution in [-0.4, -0.2) is 43.7 Å². The largest absolute Gasteiger partial charge is 0.467 e. The van der Waals surface area contributed by atoms with Crippen LogP contribution in [0.3, 0.4) is 0 Å². The molecular formula is C18H17F3N6O2. The average molecular weight is 406 g/mol. The van der Waals surface area contributed by atoms with Crippen LogP contribution in [0.5, 0.6) is 5.88 Å². The van der Waals surface area contributed by atoms with Crippen molar-refractivity contribution in [1.82, 2.24) is 25.0 Å². The second-order valence-electron chi connectivity index (χ2n) is 6.88. The standard InChI is InChI=1S/C18H17F3N6O2/c19-18(20,21)10-29-16-4-3-12(24-25-16)8-27-9-13-14(26-27)5-6-22-17(13)23-15(28)7-11-1-2-11/h3-6,9,11H,1-2,7-8,10H2,(H,22,23,28). The zero-order valence-electron chi connectivity index (χ0n) is 15.2. The molecule has 1 saturated carbocycles. The fourth-order valence-corrected chi connectivity index (χ4v) is 2.77. The van der Waals surface area contributed by atoms with Crippen LogP contribution in [0.2, 0.25) is 0 Å². The predicted octanol–water partition coefficient (Wildman–Crippen LogP) is 2.95. The molecule has 1 aliphatic carbocycles. The van der Waals surface area contributed by atoms with Crippen molar-refractivity contribution >= 4 is 22.6 Å². The molecule has 3 aromatic heterocycles. The lowest BCUT2D eigenvalue weighted by molar-refractivity contribution is -0.154. The molecule has 0 radical (unpaired) electrons. The minimum atomic E-state index is -4.44. The van der Waals surface area contributed by atoms with Crippen LogP contribution in [0.15, 0.2) is 30.6 Å². The fraction of sp³-hybridized carbons (Fsp3) is 0.389. The van der Waals surface area contributed by atoms with Crippen LogP contribution in [-0.2, 0) is 11.3 Å². The van der Waals surface area contributed by atoms with Gasteiger partial charge in [-0.15, -0.1) is 10.2 Å². The zero-order chi connectivity index (χ0) is 20.4. The smallest absolute Gasteiger partial charge is 0.422 e. The van der Waals surface area contributed by atoms with Crippen LogP contribution in [0.25, 0.3) is 10.9 Å². The minimum Gasteiger partial charge on any atom is -0.467 e. The van der Waals surface area contributed by atoms with Crippen molar-refractivity contribution < 1.29 is 22.7 Å². The van der Waals surface area contributed by atoms with E-state index < -0.39 is 12.8 Å². The predicted molar refractivity (Wildman–Crippen MR) is 96.2 cm³/mol. The van der Waals surface area contributed by atoms with Crippen molar-refractivity contribution in [2.75, 3.05) is 11.9 Å². The molecule has 1 fully saturated rings. The number of rotatable bonds is 7. The van der Waals surface area contributed by atoms with Gasteiger partial charge in [-0.25, -0.2) is 4.98 Å². The monoisotopic (exact) mass is 406 g/mol.